The van der Waals surface area contributed by atoms with E-state index in [9.17, 15) is 4.79 Å². The summed E-state index contributed by atoms with van der Waals surface area (Å²) in [4.78, 5) is 17.1. The topological polar surface area (TPSA) is 61.5 Å². The van der Waals surface area contributed by atoms with Crippen LogP contribution in [0.25, 0.3) is 0 Å². The van der Waals surface area contributed by atoms with Gasteiger partial charge in [-0.1, -0.05) is 0 Å². The number of aromatic nitrogens is 2. The van der Waals surface area contributed by atoms with Gasteiger partial charge in [-0.25, -0.2) is 0 Å². The first kappa shape index (κ1) is 16.5. The zero-order valence-electron chi connectivity index (χ0n) is 14.4. The molecule has 6 heteroatoms. The van der Waals surface area contributed by atoms with Crippen LogP contribution in [0.4, 0.5) is 0 Å². The first-order valence-electron chi connectivity index (χ1n) is 8.72. The lowest BCUT2D eigenvalue weighted by atomic mass is 9.93. The molecule has 0 bridgehead atoms. The van der Waals surface area contributed by atoms with Crippen molar-refractivity contribution in [3.05, 3.63) is 18.0 Å². The summed E-state index contributed by atoms with van der Waals surface area (Å²) in [6.07, 6.45) is 4.22. The number of amides is 1. The highest BCUT2D eigenvalue weighted by Gasteiger charge is 2.33. The molecule has 1 aromatic rings. The molecule has 1 N–H and O–H groups in total. The largest absolute Gasteiger partial charge is 0.372 e. The van der Waals surface area contributed by atoms with Crippen LogP contribution in [0.3, 0.4) is 0 Å². The molecule has 2 aliphatic heterocycles. The van der Waals surface area contributed by atoms with E-state index in [1.54, 1.807) is 0 Å². The molecule has 0 unspecified atom stereocenters. The Hall–Kier alpha value is -1.40. The first-order chi connectivity index (χ1) is 11.0. The quantitative estimate of drug-likeness (QED) is 0.919. The minimum Gasteiger partial charge on any atom is -0.372 e. The number of nitrogens with zero attached hydrogens (tertiary/aromatic N) is 3. The van der Waals surface area contributed by atoms with Crippen molar-refractivity contribution in [3.8, 4) is 0 Å². The summed E-state index contributed by atoms with van der Waals surface area (Å²) in [6.45, 7) is 9.46. The Kier molecular flexibility index (Phi) is 5.02. The van der Waals surface area contributed by atoms with Crippen molar-refractivity contribution in [2.24, 2.45) is 0 Å². The Balaban J connectivity index is 1.54. The van der Waals surface area contributed by atoms with Crippen LogP contribution < -0.4 is 0 Å². The molecule has 0 spiro atoms. The fourth-order valence-corrected chi connectivity index (χ4v) is 3.87. The third-order valence-electron chi connectivity index (χ3n) is 5.13. The van der Waals surface area contributed by atoms with E-state index in [0.29, 0.717) is 19.0 Å². The zero-order valence-corrected chi connectivity index (χ0v) is 14.4. The molecule has 2 saturated heterocycles. The third-order valence-corrected chi connectivity index (χ3v) is 5.13. The van der Waals surface area contributed by atoms with Crippen molar-refractivity contribution in [2.45, 2.75) is 57.8 Å². The van der Waals surface area contributed by atoms with Gasteiger partial charge in [-0.2, -0.15) is 5.10 Å². The molecule has 0 aliphatic carbocycles. The smallest absolute Gasteiger partial charge is 0.239 e. The van der Waals surface area contributed by atoms with E-state index in [1.807, 2.05) is 31.9 Å². The second-order valence-corrected chi connectivity index (χ2v) is 7.00. The molecule has 3 rings (SSSR count). The SMILES string of the molecule is C[C@@H]1CN(C(=O)[C@@H](C)N2CCC(c3ccn[nH]3)CC2)C[C@H](C)O1. The van der Waals surface area contributed by atoms with Gasteiger partial charge in [0, 0.05) is 30.9 Å². The van der Waals surface area contributed by atoms with Crippen LogP contribution in [0, 0.1) is 0 Å². The molecule has 23 heavy (non-hydrogen) atoms. The highest BCUT2D eigenvalue weighted by molar-refractivity contribution is 5.81. The fraction of sp³-hybridized carbons (Fsp3) is 0.765. The summed E-state index contributed by atoms with van der Waals surface area (Å²) in [5.41, 5.74) is 1.22. The second kappa shape index (κ2) is 7.01. The number of piperidine rings is 1. The van der Waals surface area contributed by atoms with Crippen LogP contribution in [0.15, 0.2) is 12.3 Å². The lowest BCUT2D eigenvalue weighted by Gasteiger charge is -2.40. The fourth-order valence-electron chi connectivity index (χ4n) is 3.87. The number of nitrogens with one attached hydrogen (secondary N) is 1. The maximum atomic E-state index is 12.8. The van der Waals surface area contributed by atoms with Crippen LogP contribution in [0.2, 0.25) is 0 Å². The van der Waals surface area contributed by atoms with Crippen molar-refractivity contribution in [1.82, 2.24) is 20.0 Å². The summed E-state index contributed by atoms with van der Waals surface area (Å²) in [7, 11) is 0. The summed E-state index contributed by atoms with van der Waals surface area (Å²) in [5, 5.41) is 7.12. The molecule has 1 amide bonds. The maximum absolute atomic E-state index is 12.8. The predicted molar refractivity (Wildman–Crippen MR) is 88.2 cm³/mol. The van der Waals surface area contributed by atoms with Gasteiger partial charge < -0.3 is 9.64 Å². The maximum Gasteiger partial charge on any atom is 0.239 e. The van der Waals surface area contributed by atoms with E-state index in [-0.39, 0.29) is 24.2 Å². The van der Waals surface area contributed by atoms with Gasteiger partial charge in [0.15, 0.2) is 0 Å². The van der Waals surface area contributed by atoms with Gasteiger partial charge in [-0.15, -0.1) is 0 Å². The van der Waals surface area contributed by atoms with Crippen LogP contribution in [0.5, 0.6) is 0 Å². The highest BCUT2D eigenvalue weighted by Crippen LogP contribution is 2.27. The van der Waals surface area contributed by atoms with E-state index in [1.165, 1.54) is 5.69 Å². The van der Waals surface area contributed by atoms with Crippen LogP contribution in [0.1, 0.15) is 45.2 Å². The minimum absolute atomic E-state index is 0.0461. The monoisotopic (exact) mass is 320 g/mol. The molecular formula is C17H28N4O2. The van der Waals surface area contributed by atoms with Crippen LogP contribution in [-0.4, -0.2) is 70.3 Å². The van der Waals surface area contributed by atoms with E-state index >= 15 is 0 Å². The summed E-state index contributed by atoms with van der Waals surface area (Å²) in [5.74, 6) is 0.784. The van der Waals surface area contributed by atoms with Gasteiger partial charge >= 0.3 is 0 Å². The molecule has 2 aliphatic rings. The Bertz CT molecular complexity index is 501. The first-order valence-corrected chi connectivity index (χ1v) is 8.72. The third kappa shape index (κ3) is 3.75. The standard InChI is InChI=1S/C17H28N4O2/c1-12-10-21(11-13(2)23-12)17(22)14(3)20-8-5-15(6-9-20)16-4-7-18-19-16/h4,7,12-15H,5-6,8-11H2,1-3H3,(H,18,19)/t12-,13+,14-/m1/s1. The lowest BCUT2D eigenvalue weighted by molar-refractivity contribution is -0.148. The summed E-state index contributed by atoms with van der Waals surface area (Å²) >= 11 is 0. The molecule has 3 atom stereocenters. The number of hydrogen-bond acceptors (Lipinski definition) is 4. The molecule has 0 radical (unpaired) electrons. The number of rotatable bonds is 3. The average molecular weight is 320 g/mol. The molecule has 128 valence electrons. The lowest BCUT2D eigenvalue weighted by Crippen LogP contribution is -2.55. The molecule has 3 heterocycles. The van der Waals surface area contributed by atoms with Crippen LogP contribution in [-0.2, 0) is 9.53 Å². The van der Waals surface area contributed by atoms with Gasteiger partial charge in [0.05, 0.1) is 18.2 Å². The van der Waals surface area contributed by atoms with Crippen molar-refractivity contribution >= 4 is 5.91 Å². The number of hydrogen-bond donors (Lipinski definition) is 1. The highest BCUT2D eigenvalue weighted by atomic mass is 16.5. The Morgan fingerprint density at radius 3 is 2.52 bits per heavy atom. The van der Waals surface area contributed by atoms with E-state index in [2.05, 4.69) is 21.2 Å². The molecule has 2 fully saturated rings. The molecular weight excluding hydrogens is 292 g/mol. The number of aromatic amines is 1. The number of likely N-dealkylation sites (tertiary alicyclic amines) is 1. The second-order valence-electron chi connectivity index (χ2n) is 7.00. The number of ether oxygens (including phenoxy) is 1. The molecule has 0 aromatic carbocycles. The number of morpholine rings is 1. The van der Waals surface area contributed by atoms with Crippen LogP contribution >= 0.6 is 0 Å². The number of carbonyl (C=O) groups excluding carboxylic acids is 1. The van der Waals surface area contributed by atoms with E-state index in [0.717, 1.165) is 25.9 Å². The van der Waals surface area contributed by atoms with Gasteiger partial charge in [0.2, 0.25) is 5.91 Å². The number of carbonyl (C=O) groups is 1. The van der Waals surface area contributed by atoms with Crippen molar-refractivity contribution < 1.29 is 9.53 Å². The van der Waals surface area contributed by atoms with Crippen molar-refractivity contribution in [3.63, 3.8) is 0 Å². The minimum atomic E-state index is -0.0461. The van der Waals surface area contributed by atoms with E-state index in [4.69, 9.17) is 4.74 Å². The van der Waals surface area contributed by atoms with Crippen molar-refractivity contribution in [2.75, 3.05) is 26.2 Å². The Morgan fingerprint density at radius 2 is 1.96 bits per heavy atom. The predicted octanol–water partition coefficient (Wildman–Crippen LogP) is 1.61. The van der Waals surface area contributed by atoms with E-state index < -0.39 is 0 Å². The Morgan fingerprint density at radius 1 is 1.30 bits per heavy atom. The normalized spacial score (nSPS) is 28.7. The Labute approximate surface area is 138 Å². The molecule has 6 nitrogen and oxygen atoms in total. The molecule has 1 aromatic heterocycles. The van der Waals surface area contributed by atoms with Gasteiger partial charge in [0.25, 0.3) is 0 Å². The number of H-pyrrole nitrogens is 1. The molecule has 0 saturated carbocycles. The van der Waals surface area contributed by atoms with Crippen molar-refractivity contribution in [1.29, 1.82) is 0 Å². The average Bonchev–Trinajstić information content (AvgIpc) is 3.07. The van der Waals surface area contributed by atoms with Gasteiger partial charge in [-0.05, 0) is 52.8 Å². The van der Waals surface area contributed by atoms with Gasteiger partial charge in [0.1, 0.15) is 0 Å². The zero-order chi connectivity index (χ0) is 16.4. The van der Waals surface area contributed by atoms with Gasteiger partial charge in [-0.3, -0.25) is 14.8 Å². The summed E-state index contributed by atoms with van der Waals surface area (Å²) in [6, 6.07) is 2.01. The summed E-state index contributed by atoms with van der Waals surface area (Å²) < 4.78 is 5.73.